The number of aromatic nitrogens is 2. The second-order valence-corrected chi connectivity index (χ2v) is 6.76. The molecule has 1 N–H and O–H groups in total. The molecule has 0 spiro atoms. The monoisotopic (exact) mass is 313 g/mol. The molecule has 0 saturated heterocycles. The van der Waals surface area contributed by atoms with E-state index in [2.05, 4.69) is 10.4 Å². The molecule has 1 aliphatic carbocycles. The average molecular weight is 313 g/mol. The van der Waals surface area contributed by atoms with Crippen molar-refractivity contribution in [1.82, 2.24) is 9.78 Å². The molecule has 1 amide bonds. The van der Waals surface area contributed by atoms with Gasteiger partial charge in [-0.1, -0.05) is 12.1 Å². The van der Waals surface area contributed by atoms with Crippen LogP contribution in [0.15, 0.2) is 12.1 Å². The number of fused-ring (bicyclic) bond motifs is 1. The van der Waals surface area contributed by atoms with Crippen LogP contribution >= 0.6 is 0 Å². The van der Waals surface area contributed by atoms with E-state index < -0.39 is 0 Å². The number of aryl methyl sites for hydroxylation is 2. The molecule has 1 aliphatic heterocycles. The number of rotatable bonds is 2. The first-order valence-corrected chi connectivity index (χ1v) is 8.09. The molecule has 1 atom stereocenters. The van der Waals surface area contributed by atoms with Crippen molar-refractivity contribution in [3.8, 4) is 0 Å². The molecule has 1 aromatic heterocycles. The van der Waals surface area contributed by atoms with Gasteiger partial charge < -0.3 is 5.32 Å². The van der Waals surface area contributed by atoms with E-state index in [0.717, 1.165) is 35.5 Å². The second kappa shape index (κ2) is 4.91. The van der Waals surface area contributed by atoms with Crippen LogP contribution in [0.2, 0.25) is 0 Å². The second-order valence-electron chi connectivity index (χ2n) is 6.76. The standard InChI is InChI=1S/C18H20FN3O/c1-9-4-7-12(10(2)16(9)19)13-8-14(23)20-18-15(13)17(11-5-6-11)21-22(18)3/h4,7,11,13H,5-6,8H2,1-3H3,(H,20,23)/t13-/m1/s1. The van der Waals surface area contributed by atoms with Crippen LogP contribution in [0.5, 0.6) is 0 Å². The van der Waals surface area contributed by atoms with Gasteiger partial charge in [-0.15, -0.1) is 0 Å². The largest absolute Gasteiger partial charge is 0.311 e. The van der Waals surface area contributed by atoms with Gasteiger partial charge in [-0.05, 0) is 43.4 Å². The fraction of sp³-hybridized carbons (Fsp3) is 0.444. The highest BCUT2D eigenvalue weighted by Gasteiger charge is 2.39. The number of halogens is 1. The van der Waals surface area contributed by atoms with Gasteiger partial charge in [0, 0.05) is 30.9 Å². The predicted molar refractivity (Wildman–Crippen MR) is 86.1 cm³/mol. The molecule has 2 aliphatic rings. The number of hydrogen-bond acceptors (Lipinski definition) is 2. The number of carbonyl (C=O) groups is 1. The summed E-state index contributed by atoms with van der Waals surface area (Å²) >= 11 is 0. The van der Waals surface area contributed by atoms with Crippen molar-refractivity contribution in [1.29, 1.82) is 0 Å². The number of nitrogens with zero attached hydrogens (tertiary/aromatic N) is 2. The van der Waals surface area contributed by atoms with Gasteiger partial charge in [0.05, 0.1) is 5.69 Å². The number of amides is 1. The summed E-state index contributed by atoms with van der Waals surface area (Å²) in [5, 5.41) is 7.59. The van der Waals surface area contributed by atoms with Crippen LogP contribution in [-0.2, 0) is 11.8 Å². The maximum absolute atomic E-state index is 14.4. The van der Waals surface area contributed by atoms with Crippen LogP contribution in [0.25, 0.3) is 0 Å². The highest BCUT2D eigenvalue weighted by Crippen LogP contribution is 2.48. The van der Waals surface area contributed by atoms with Crippen LogP contribution in [0.1, 0.15) is 59.0 Å². The number of anilines is 1. The van der Waals surface area contributed by atoms with E-state index in [1.807, 2.05) is 13.1 Å². The lowest BCUT2D eigenvalue weighted by atomic mass is 9.82. The highest BCUT2D eigenvalue weighted by atomic mass is 19.1. The quantitative estimate of drug-likeness (QED) is 0.922. The van der Waals surface area contributed by atoms with Crippen molar-refractivity contribution in [2.24, 2.45) is 7.05 Å². The van der Waals surface area contributed by atoms with Crippen molar-refractivity contribution < 1.29 is 9.18 Å². The molecular formula is C18H20FN3O. The van der Waals surface area contributed by atoms with Crippen LogP contribution in [-0.4, -0.2) is 15.7 Å². The summed E-state index contributed by atoms with van der Waals surface area (Å²) in [4.78, 5) is 12.2. The van der Waals surface area contributed by atoms with Crippen molar-refractivity contribution in [3.05, 3.63) is 45.9 Å². The molecule has 1 saturated carbocycles. The van der Waals surface area contributed by atoms with E-state index in [0.29, 0.717) is 23.5 Å². The van der Waals surface area contributed by atoms with Gasteiger partial charge in [-0.25, -0.2) is 4.39 Å². The van der Waals surface area contributed by atoms with E-state index in [-0.39, 0.29) is 17.6 Å². The van der Waals surface area contributed by atoms with Crippen molar-refractivity contribution in [2.45, 2.75) is 44.9 Å². The number of carbonyl (C=O) groups excluding carboxylic acids is 1. The summed E-state index contributed by atoms with van der Waals surface area (Å²) in [6.45, 7) is 3.57. The lowest BCUT2D eigenvalue weighted by Gasteiger charge is -2.26. The Morgan fingerprint density at radius 3 is 2.74 bits per heavy atom. The van der Waals surface area contributed by atoms with Crippen molar-refractivity contribution in [2.75, 3.05) is 5.32 Å². The summed E-state index contributed by atoms with van der Waals surface area (Å²) in [6.07, 6.45) is 2.64. The van der Waals surface area contributed by atoms with Crippen LogP contribution < -0.4 is 5.32 Å². The number of benzene rings is 1. The first-order valence-electron chi connectivity index (χ1n) is 8.09. The van der Waals surface area contributed by atoms with Crippen LogP contribution in [0, 0.1) is 19.7 Å². The van der Waals surface area contributed by atoms with E-state index in [1.165, 1.54) is 0 Å². The van der Waals surface area contributed by atoms with E-state index in [9.17, 15) is 9.18 Å². The number of hydrogen-bond donors (Lipinski definition) is 1. The zero-order chi connectivity index (χ0) is 16.3. The normalized spacial score (nSPS) is 20.3. The average Bonchev–Trinajstić information content (AvgIpc) is 3.30. The minimum atomic E-state index is -0.174. The summed E-state index contributed by atoms with van der Waals surface area (Å²) < 4.78 is 16.1. The van der Waals surface area contributed by atoms with Gasteiger partial charge in [-0.2, -0.15) is 5.10 Å². The zero-order valence-corrected chi connectivity index (χ0v) is 13.6. The molecule has 4 rings (SSSR count). The van der Waals surface area contributed by atoms with Crippen molar-refractivity contribution in [3.63, 3.8) is 0 Å². The Bertz CT molecular complexity index is 820. The molecule has 2 heterocycles. The first-order chi connectivity index (χ1) is 11.0. The summed E-state index contributed by atoms with van der Waals surface area (Å²) in [5.41, 5.74) is 4.34. The first kappa shape index (κ1) is 14.4. The Hall–Kier alpha value is -2.17. The molecule has 1 aromatic carbocycles. The maximum Gasteiger partial charge on any atom is 0.226 e. The molecule has 0 unspecified atom stereocenters. The molecule has 0 radical (unpaired) electrons. The Balaban J connectivity index is 1.91. The van der Waals surface area contributed by atoms with E-state index >= 15 is 0 Å². The molecule has 2 aromatic rings. The maximum atomic E-state index is 14.4. The summed E-state index contributed by atoms with van der Waals surface area (Å²) in [7, 11) is 1.86. The Kier molecular flexibility index (Phi) is 3.08. The minimum absolute atomic E-state index is 0.0340. The SMILES string of the molecule is Cc1ccc([C@H]2CC(=O)Nc3c2c(C2CC2)nn3C)c(C)c1F. The van der Waals surface area contributed by atoms with Crippen LogP contribution in [0.4, 0.5) is 10.2 Å². The van der Waals surface area contributed by atoms with Crippen LogP contribution in [0.3, 0.4) is 0 Å². The molecule has 1 fully saturated rings. The molecule has 5 heteroatoms. The van der Waals surface area contributed by atoms with Crippen molar-refractivity contribution >= 4 is 11.7 Å². The fourth-order valence-corrected chi connectivity index (χ4v) is 3.66. The lowest BCUT2D eigenvalue weighted by molar-refractivity contribution is -0.116. The molecule has 0 bridgehead atoms. The van der Waals surface area contributed by atoms with E-state index in [4.69, 9.17) is 0 Å². The van der Waals surface area contributed by atoms with Gasteiger partial charge in [0.15, 0.2) is 0 Å². The summed E-state index contributed by atoms with van der Waals surface area (Å²) in [6, 6.07) is 3.77. The molecule has 4 nitrogen and oxygen atoms in total. The minimum Gasteiger partial charge on any atom is -0.311 e. The topological polar surface area (TPSA) is 46.9 Å². The predicted octanol–water partition coefficient (Wildman–Crippen LogP) is 3.53. The lowest BCUT2D eigenvalue weighted by Crippen LogP contribution is -2.25. The van der Waals surface area contributed by atoms with E-state index in [1.54, 1.807) is 24.6 Å². The fourth-order valence-electron chi connectivity index (χ4n) is 3.66. The van der Waals surface area contributed by atoms with Gasteiger partial charge in [0.2, 0.25) is 5.91 Å². The molecular weight excluding hydrogens is 293 g/mol. The van der Waals surface area contributed by atoms with Gasteiger partial charge >= 0.3 is 0 Å². The third-order valence-corrected chi connectivity index (χ3v) is 5.07. The highest BCUT2D eigenvalue weighted by molar-refractivity contribution is 5.94. The third kappa shape index (κ3) is 2.18. The Labute approximate surface area is 134 Å². The zero-order valence-electron chi connectivity index (χ0n) is 13.6. The Morgan fingerprint density at radius 1 is 1.30 bits per heavy atom. The van der Waals surface area contributed by atoms with Gasteiger partial charge in [0.25, 0.3) is 0 Å². The smallest absolute Gasteiger partial charge is 0.226 e. The molecule has 120 valence electrons. The third-order valence-electron chi connectivity index (χ3n) is 5.07. The Morgan fingerprint density at radius 2 is 2.04 bits per heavy atom. The number of nitrogens with one attached hydrogen (secondary N) is 1. The summed E-state index contributed by atoms with van der Waals surface area (Å²) in [5.74, 6) is 0.935. The molecule has 23 heavy (non-hydrogen) atoms. The van der Waals surface area contributed by atoms with Gasteiger partial charge in [-0.3, -0.25) is 9.48 Å². The van der Waals surface area contributed by atoms with Gasteiger partial charge in [0.1, 0.15) is 11.6 Å².